The summed E-state index contributed by atoms with van der Waals surface area (Å²) in [5.74, 6) is 0.142. The number of amides is 1. The van der Waals surface area contributed by atoms with Crippen molar-refractivity contribution in [3.05, 3.63) is 0 Å². The largest absolute Gasteiger partial charge is 0.372 e. The lowest BCUT2D eigenvalue weighted by Gasteiger charge is -2.38. The van der Waals surface area contributed by atoms with Crippen molar-refractivity contribution in [3.63, 3.8) is 0 Å². The molecule has 0 spiro atoms. The molecular formula is C11H19NO3. The molecule has 2 saturated heterocycles. The van der Waals surface area contributed by atoms with E-state index in [0.29, 0.717) is 19.7 Å². The molecule has 15 heavy (non-hydrogen) atoms. The number of hydrogen-bond donors (Lipinski definition) is 0. The molecule has 0 aromatic rings. The second-order valence-corrected chi connectivity index (χ2v) is 4.87. The van der Waals surface area contributed by atoms with E-state index in [1.165, 1.54) is 0 Å². The summed E-state index contributed by atoms with van der Waals surface area (Å²) in [6, 6.07) is 0. The Balaban J connectivity index is 1.94. The van der Waals surface area contributed by atoms with Gasteiger partial charge in [0.05, 0.1) is 12.2 Å². The number of hydrogen-bond acceptors (Lipinski definition) is 3. The van der Waals surface area contributed by atoms with Gasteiger partial charge in [-0.05, 0) is 26.7 Å². The Bertz CT molecular complexity index is 246. The molecule has 2 rings (SSSR count). The van der Waals surface area contributed by atoms with Crippen LogP contribution in [0.3, 0.4) is 0 Å². The number of rotatable bonds is 1. The molecule has 2 aliphatic rings. The molecule has 1 atom stereocenters. The minimum atomic E-state index is -0.216. The summed E-state index contributed by atoms with van der Waals surface area (Å²) >= 11 is 0. The van der Waals surface area contributed by atoms with Gasteiger partial charge in [0.2, 0.25) is 0 Å². The highest BCUT2D eigenvalue weighted by molar-refractivity contribution is 5.81. The van der Waals surface area contributed by atoms with Gasteiger partial charge in [-0.25, -0.2) is 0 Å². The molecule has 1 amide bonds. The minimum absolute atomic E-state index is 0.142. The highest BCUT2D eigenvalue weighted by atomic mass is 16.5. The van der Waals surface area contributed by atoms with Gasteiger partial charge in [0.25, 0.3) is 5.91 Å². The number of nitrogens with zero attached hydrogens (tertiary/aromatic N) is 1. The Morgan fingerprint density at radius 2 is 2.20 bits per heavy atom. The molecule has 0 unspecified atom stereocenters. The number of carbonyl (C=O) groups excluding carboxylic acids is 1. The average Bonchev–Trinajstić information content (AvgIpc) is 2.67. The molecule has 0 saturated carbocycles. The van der Waals surface area contributed by atoms with E-state index >= 15 is 0 Å². The van der Waals surface area contributed by atoms with Crippen LogP contribution in [0.2, 0.25) is 0 Å². The maximum Gasteiger partial charge on any atom is 0.251 e. The average molecular weight is 213 g/mol. The fourth-order valence-corrected chi connectivity index (χ4v) is 2.18. The second-order valence-electron chi connectivity index (χ2n) is 4.87. The van der Waals surface area contributed by atoms with E-state index in [1.54, 1.807) is 0 Å². The first-order valence-electron chi connectivity index (χ1n) is 5.63. The molecule has 0 aromatic heterocycles. The van der Waals surface area contributed by atoms with Gasteiger partial charge in [0.15, 0.2) is 0 Å². The fourth-order valence-electron chi connectivity index (χ4n) is 2.18. The number of carbonyl (C=O) groups is 1. The molecule has 2 heterocycles. The summed E-state index contributed by atoms with van der Waals surface area (Å²) in [5, 5.41) is 0. The van der Waals surface area contributed by atoms with Crippen LogP contribution in [0.25, 0.3) is 0 Å². The standard InChI is InChI=1S/C11H19NO3/c1-11(2)8-12(5-7-15-11)10(13)9-4-3-6-14-9/h9H,3-8H2,1-2H3/t9-/m0/s1. The molecule has 0 aliphatic carbocycles. The molecule has 0 aromatic carbocycles. The van der Waals surface area contributed by atoms with Crippen molar-refractivity contribution in [2.24, 2.45) is 0 Å². The maximum atomic E-state index is 12.0. The highest BCUT2D eigenvalue weighted by Crippen LogP contribution is 2.20. The van der Waals surface area contributed by atoms with Crippen molar-refractivity contribution < 1.29 is 14.3 Å². The van der Waals surface area contributed by atoms with E-state index in [-0.39, 0.29) is 17.6 Å². The van der Waals surface area contributed by atoms with Crippen molar-refractivity contribution in [3.8, 4) is 0 Å². The third-order valence-electron chi connectivity index (χ3n) is 2.94. The lowest BCUT2D eigenvalue weighted by Crippen LogP contribution is -2.53. The smallest absolute Gasteiger partial charge is 0.251 e. The van der Waals surface area contributed by atoms with Crippen LogP contribution in [0, 0.1) is 0 Å². The first-order valence-corrected chi connectivity index (χ1v) is 5.63. The Hall–Kier alpha value is -0.610. The van der Waals surface area contributed by atoms with Crippen molar-refractivity contribution in [2.45, 2.75) is 38.4 Å². The zero-order valence-electron chi connectivity index (χ0n) is 9.49. The summed E-state index contributed by atoms with van der Waals surface area (Å²) in [6.45, 7) is 6.76. The van der Waals surface area contributed by atoms with E-state index in [1.807, 2.05) is 18.7 Å². The summed E-state index contributed by atoms with van der Waals surface area (Å²) in [4.78, 5) is 13.9. The third kappa shape index (κ3) is 2.49. The van der Waals surface area contributed by atoms with Crippen LogP contribution >= 0.6 is 0 Å². The number of ether oxygens (including phenoxy) is 2. The molecule has 0 radical (unpaired) electrons. The summed E-state index contributed by atoms with van der Waals surface area (Å²) < 4.78 is 11.0. The normalized spacial score (nSPS) is 30.5. The zero-order chi connectivity index (χ0) is 10.9. The van der Waals surface area contributed by atoms with E-state index in [4.69, 9.17) is 9.47 Å². The first kappa shape index (κ1) is 10.9. The van der Waals surface area contributed by atoms with Crippen LogP contribution in [0.5, 0.6) is 0 Å². The van der Waals surface area contributed by atoms with Gasteiger partial charge in [-0.3, -0.25) is 4.79 Å². The van der Waals surface area contributed by atoms with Gasteiger partial charge < -0.3 is 14.4 Å². The highest BCUT2D eigenvalue weighted by Gasteiger charge is 2.34. The first-order chi connectivity index (χ1) is 7.08. The molecule has 2 aliphatic heterocycles. The predicted molar refractivity (Wildman–Crippen MR) is 55.6 cm³/mol. The van der Waals surface area contributed by atoms with E-state index in [9.17, 15) is 4.79 Å². The molecular weight excluding hydrogens is 194 g/mol. The van der Waals surface area contributed by atoms with E-state index in [2.05, 4.69) is 0 Å². The van der Waals surface area contributed by atoms with Gasteiger partial charge in [0, 0.05) is 19.7 Å². The molecule has 4 nitrogen and oxygen atoms in total. The van der Waals surface area contributed by atoms with Crippen LogP contribution in [0.4, 0.5) is 0 Å². The molecule has 0 bridgehead atoms. The van der Waals surface area contributed by atoms with Gasteiger partial charge in [-0.1, -0.05) is 0 Å². The van der Waals surface area contributed by atoms with Gasteiger partial charge in [-0.2, -0.15) is 0 Å². The fraction of sp³-hybridized carbons (Fsp3) is 0.909. The predicted octanol–water partition coefficient (Wildman–Crippen LogP) is 0.803. The topological polar surface area (TPSA) is 38.8 Å². The minimum Gasteiger partial charge on any atom is -0.372 e. The van der Waals surface area contributed by atoms with Crippen molar-refractivity contribution in [2.75, 3.05) is 26.3 Å². The summed E-state index contributed by atoms with van der Waals surface area (Å²) in [5.41, 5.74) is -0.216. The van der Waals surface area contributed by atoms with Gasteiger partial charge >= 0.3 is 0 Å². The van der Waals surface area contributed by atoms with Crippen LogP contribution in [-0.4, -0.2) is 48.8 Å². The van der Waals surface area contributed by atoms with Crippen LogP contribution < -0.4 is 0 Å². The Labute approximate surface area is 90.5 Å². The SMILES string of the molecule is CC1(C)CN(C(=O)[C@@H]2CCCO2)CCO1. The molecule has 86 valence electrons. The van der Waals surface area contributed by atoms with Gasteiger partial charge in [-0.15, -0.1) is 0 Å². The number of morpholine rings is 1. The lowest BCUT2D eigenvalue weighted by atomic mass is 10.1. The zero-order valence-corrected chi connectivity index (χ0v) is 9.49. The third-order valence-corrected chi connectivity index (χ3v) is 2.94. The van der Waals surface area contributed by atoms with Crippen molar-refractivity contribution in [1.82, 2.24) is 4.90 Å². The Morgan fingerprint density at radius 3 is 2.80 bits per heavy atom. The Morgan fingerprint density at radius 1 is 1.40 bits per heavy atom. The van der Waals surface area contributed by atoms with Crippen LogP contribution in [0.1, 0.15) is 26.7 Å². The monoisotopic (exact) mass is 213 g/mol. The molecule has 2 fully saturated rings. The quantitative estimate of drug-likeness (QED) is 0.647. The van der Waals surface area contributed by atoms with Crippen molar-refractivity contribution in [1.29, 1.82) is 0 Å². The Kier molecular flexibility index (Phi) is 2.98. The van der Waals surface area contributed by atoms with E-state index < -0.39 is 0 Å². The second kappa shape index (κ2) is 4.10. The summed E-state index contributed by atoms with van der Waals surface area (Å²) in [7, 11) is 0. The van der Waals surface area contributed by atoms with Crippen LogP contribution in [-0.2, 0) is 14.3 Å². The maximum absolute atomic E-state index is 12.0. The molecule has 4 heteroatoms. The molecule has 0 N–H and O–H groups in total. The lowest BCUT2D eigenvalue weighted by molar-refractivity contribution is -0.154. The van der Waals surface area contributed by atoms with Gasteiger partial charge in [0.1, 0.15) is 6.10 Å². The van der Waals surface area contributed by atoms with E-state index in [0.717, 1.165) is 19.4 Å². The summed E-state index contributed by atoms with van der Waals surface area (Å²) in [6.07, 6.45) is 1.68. The van der Waals surface area contributed by atoms with Crippen LogP contribution in [0.15, 0.2) is 0 Å². The van der Waals surface area contributed by atoms with Crippen molar-refractivity contribution >= 4 is 5.91 Å².